The summed E-state index contributed by atoms with van der Waals surface area (Å²) in [5.74, 6) is -0.530. The SMILES string of the molecule is CCC(=O)OP(=O)(OC)c1ccc(C)c(C)c1C. The van der Waals surface area contributed by atoms with Gasteiger partial charge in [-0.2, -0.15) is 0 Å². The van der Waals surface area contributed by atoms with Crippen LogP contribution >= 0.6 is 7.60 Å². The van der Waals surface area contributed by atoms with E-state index >= 15 is 0 Å². The van der Waals surface area contributed by atoms with Gasteiger partial charge in [0, 0.05) is 13.5 Å². The van der Waals surface area contributed by atoms with Crippen molar-refractivity contribution in [1.29, 1.82) is 0 Å². The van der Waals surface area contributed by atoms with Gasteiger partial charge in [-0.3, -0.25) is 9.32 Å². The zero-order chi connectivity index (χ0) is 13.9. The molecule has 0 fully saturated rings. The highest BCUT2D eigenvalue weighted by molar-refractivity contribution is 7.62. The first-order chi connectivity index (χ1) is 8.35. The minimum Gasteiger partial charge on any atom is -0.388 e. The summed E-state index contributed by atoms with van der Waals surface area (Å²) in [4.78, 5) is 11.3. The Labute approximate surface area is 108 Å². The van der Waals surface area contributed by atoms with E-state index in [0.717, 1.165) is 16.7 Å². The Morgan fingerprint density at radius 3 is 2.33 bits per heavy atom. The minimum absolute atomic E-state index is 0.164. The van der Waals surface area contributed by atoms with Gasteiger partial charge in [0.2, 0.25) is 0 Å². The molecule has 5 heteroatoms. The van der Waals surface area contributed by atoms with Gasteiger partial charge in [-0.1, -0.05) is 13.0 Å². The lowest BCUT2D eigenvalue weighted by molar-refractivity contribution is -0.134. The summed E-state index contributed by atoms with van der Waals surface area (Å²) in [5.41, 5.74) is 2.96. The molecule has 0 radical (unpaired) electrons. The first kappa shape index (κ1) is 14.9. The molecule has 0 aliphatic carbocycles. The summed E-state index contributed by atoms with van der Waals surface area (Å²) in [5, 5.41) is 0.454. The van der Waals surface area contributed by atoms with Crippen molar-refractivity contribution in [3.8, 4) is 0 Å². The van der Waals surface area contributed by atoms with Crippen molar-refractivity contribution in [2.24, 2.45) is 0 Å². The Balaban J connectivity index is 3.29. The minimum atomic E-state index is -3.56. The molecule has 1 aromatic rings. The summed E-state index contributed by atoms with van der Waals surface area (Å²) < 4.78 is 22.5. The number of aryl methyl sites for hydroxylation is 1. The van der Waals surface area contributed by atoms with E-state index in [-0.39, 0.29) is 6.42 Å². The second kappa shape index (κ2) is 5.68. The van der Waals surface area contributed by atoms with Crippen molar-refractivity contribution in [3.05, 3.63) is 28.8 Å². The van der Waals surface area contributed by atoms with Crippen LogP contribution in [0.4, 0.5) is 0 Å². The van der Waals surface area contributed by atoms with E-state index in [0.29, 0.717) is 5.30 Å². The highest BCUT2D eigenvalue weighted by Gasteiger charge is 2.32. The van der Waals surface area contributed by atoms with E-state index in [4.69, 9.17) is 9.05 Å². The number of hydrogen-bond donors (Lipinski definition) is 0. The fraction of sp³-hybridized carbons (Fsp3) is 0.462. The highest BCUT2D eigenvalue weighted by Crippen LogP contribution is 2.47. The highest BCUT2D eigenvalue weighted by atomic mass is 31.2. The van der Waals surface area contributed by atoms with Crippen LogP contribution in [-0.4, -0.2) is 13.1 Å². The van der Waals surface area contributed by atoms with Gasteiger partial charge in [0.05, 0.1) is 5.30 Å². The molecule has 0 saturated heterocycles. The Hall–Kier alpha value is -1.12. The maximum atomic E-state index is 12.6. The first-order valence-electron chi connectivity index (χ1n) is 5.81. The third kappa shape index (κ3) is 2.82. The molecular formula is C13H19O4P. The number of benzene rings is 1. The van der Waals surface area contributed by atoms with Crippen molar-refractivity contribution < 1.29 is 18.4 Å². The quantitative estimate of drug-likeness (QED) is 0.789. The Bertz CT molecular complexity index is 508. The maximum Gasteiger partial charge on any atom is 0.412 e. The van der Waals surface area contributed by atoms with Crippen LogP contribution in [0.5, 0.6) is 0 Å². The molecule has 1 unspecified atom stereocenters. The molecule has 1 aromatic carbocycles. The lowest BCUT2D eigenvalue weighted by Crippen LogP contribution is -2.16. The van der Waals surface area contributed by atoms with E-state index in [2.05, 4.69) is 0 Å². The third-order valence-electron chi connectivity index (χ3n) is 3.08. The van der Waals surface area contributed by atoms with Crippen molar-refractivity contribution in [1.82, 2.24) is 0 Å². The molecule has 0 spiro atoms. The van der Waals surface area contributed by atoms with Crippen LogP contribution in [0.2, 0.25) is 0 Å². The van der Waals surface area contributed by atoms with E-state index in [1.165, 1.54) is 7.11 Å². The van der Waals surface area contributed by atoms with Gasteiger partial charge in [-0.05, 0) is 43.5 Å². The van der Waals surface area contributed by atoms with Gasteiger partial charge in [0.25, 0.3) is 0 Å². The number of carbonyl (C=O) groups excluding carboxylic acids is 1. The van der Waals surface area contributed by atoms with Crippen molar-refractivity contribution >= 4 is 18.9 Å². The van der Waals surface area contributed by atoms with Crippen LogP contribution in [-0.2, 0) is 18.4 Å². The fourth-order valence-electron chi connectivity index (χ4n) is 1.62. The molecule has 0 bridgehead atoms. The first-order valence-corrected chi connectivity index (χ1v) is 7.35. The van der Waals surface area contributed by atoms with Crippen LogP contribution in [0.1, 0.15) is 30.0 Å². The van der Waals surface area contributed by atoms with Crippen LogP contribution in [0, 0.1) is 20.8 Å². The molecule has 18 heavy (non-hydrogen) atoms. The van der Waals surface area contributed by atoms with Gasteiger partial charge < -0.3 is 4.52 Å². The molecule has 0 N–H and O–H groups in total. The summed E-state index contributed by atoms with van der Waals surface area (Å²) in [6, 6.07) is 3.55. The van der Waals surface area contributed by atoms with Gasteiger partial charge in [-0.25, -0.2) is 4.57 Å². The van der Waals surface area contributed by atoms with E-state index < -0.39 is 13.6 Å². The summed E-state index contributed by atoms with van der Waals surface area (Å²) in [6.07, 6.45) is 0.164. The number of rotatable bonds is 4. The monoisotopic (exact) mass is 270 g/mol. The zero-order valence-corrected chi connectivity index (χ0v) is 12.3. The Kier molecular flexibility index (Phi) is 4.71. The predicted octanol–water partition coefficient (Wildman–Crippen LogP) is 3.03. The molecule has 0 amide bonds. The molecule has 4 nitrogen and oxygen atoms in total. The standard InChI is InChI=1S/C13H19O4P/c1-6-13(14)17-18(15,16-5)12-8-7-9(2)10(3)11(12)4/h7-8H,6H2,1-5H3. The third-order valence-corrected chi connectivity index (χ3v) is 5.07. The van der Waals surface area contributed by atoms with Crippen molar-refractivity contribution in [2.75, 3.05) is 7.11 Å². The Morgan fingerprint density at radius 1 is 1.22 bits per heavy atom. The Morgan fingerprint density at radius 2 is 1.83 bits per heavy atom. The van der Waals surface area contributed by atoms with Crippen LogP contribution in [0.25, 0.3) is 0 Å². The zero-order valence-electron chi connectivity index (χ0n) is 11.4. The van der Waals surface area contributed by atoms with Gasteiger partial charge in [0.1, 0.15) is 0 Å². The molecule has 0 aliphatic rings. The smallest absolute Gasteiger partial charge is 0.388 e. The molecule has 1 rings (SSSR count). The van der Waals surface area contributed by atoms with E-state index in [9.17, 15) is 9.36 Å². The van der Waals surface area contributed by atoms with Crippen LogP contribution < -0.4 is 5.30 Å². The molecular weight excluding hydrogens is 251 g/mol. The molecule has 0 aromatic heterocycles. The maximum absolute atomic E-state index is 12.6. The van der Waals surface area contributed by atoms with E-state index in [1.807, 2.05) is 26.8 Å². The average molecular weight is 270 g/mol. The summed E-state index contributed by atoms with van der Waals surface area (Å²) in [7, 11) is -2.27. The normalized spacial score (nSPS) is 14.1. The average Bonchev–Trinajstić information content (AvgIpc) is 2.35. The van der Waals surface area contributed by atoms with Crippen molar-refractivity contribution in [3.63, 3.8) is 0 Å². The lowest BCUT2D eigenvalue weighted by atomic mass is 10.1. The predicted molar refractivity (Wildman–Crippen MR) is 71.3 cm³/mol. The van der Waals surface area contributed by atoms with Crippen molar-refractivity contribution in [2.45, 2.75) is 34.1 Å². The molecule has 0 saturated carbocycles. The van der Waals surface area contributed by atoms with Gasteiger partial charge in [-0.15, -0.1) is 0 Å². The fourth-order valence-corrected chi connectivity index (χ4v) is 3.22. The molecule has 0 heterocycles. The van der Waals surface area contributed by atoms with Crippen LogP contribution in [0.3, 0.4) is 0 Å². The van der Waals surface area contributed by atoms with Gasteiger partial charge >= 0.3 is 13.6 Å². The van der Waals surface area contributed by atoms with Crippen LogP contribution in [0.15, 0.2) is 12.1 Å². The summed E-state index contributed by atoms with van der Waals surface area (Å²) >= 11 is 0. The topological polar surface area (TPSA) is 52.6 Å². The summed E-state index contributed by atoms with van der Waals surface area (Å²) in [6.45, 7) is 7.41. The largest absolute Gasteiger partial charge is 0.412 e. The lowest BCUT2D eigenvalue weighted by Gasteiger charge is -2.19. The van der Waals surface area contributed by atoms with Gasteiger partial charge in [0.15, 0.2) is 0 Å². The number of hydrogen-bond acceptors (Lipinski definition) is 4. The van der Waals surface area contributed by atoms with E-state index in [1.54, 1.807) is 13.0 Å². The second-order valence-electron chi connectivity index (χ2n) is 4.15. The second-order valence-corrected chi connectivity index (χ2v) is 6.17. The molecule has 0 aliphatic heterocycles. The molecule has 100 valence electrons. The number of carbonyl (C=O) groups is 1. The molecule has 1 atom stereocenters.